The minimum atomic E-state index is 0. The van der Waals surface area contributed by atoms with Crippen LogP contribution in [-0.4, -0.2) is 0 Å². The molecule has 0 nitrogen and oxygen atoms in total. The molecule has 0 saturated carbocycles. The maximum Gasteiger partial charge on any atom is 0 e. The first-order chi connectivity index (χ1) is 6.83. The summed E-state index contributed by atoms with van der Waals surface area (Å²) in [5.41, 5.74) is 2.48. The summed E-state index contributed by atoms with van der Waals surface area (Å²) in [5, 5.41) is 0. The van der Waals surface area contributed by atoms with E-state index >= 15 is 0 Å². The predicted octanol–water partition coefficient (Wildman–Crippen LogP) is 3.74. The van der Waals surface area contributed by atoms with E-state index in [1.807, 2.05) is 31.2 Å². The second-order valence-electron chi connectivity index (χ2n) is 3.03. The summed E-state index contributed by atoms with van der Waals surface area (Å²) in [6.07, 6.45) is 13.5. The fourth-order valence-corrected chi connectivity index (χ4v) is 1.01. The first-order valence-corrected chi connectivity index (χ1v) is 4.64. The molecule has 0 saturated heterocycles. The molecule has 0 bridgehead atoms. The van der Waals surface area contributed by atoms with E-state index in [2.05, 4.69) is 43.3 Å². The third kappa shape index (κ3) is 6.59. The van der Waals surface area contributed by atoms with Gasteiger partial charge in [-0.2, -0.15) is 12.2 Å². The summed E-state index contributed by atoms with van der Waals surface area (Å²) >= 11 is 0. The number of hydrogen-bond acceptors (Lipinski definition) is 0. The molecule has 1 rings (SSSR count). The van der Waals surface area contributed by atoms with Gasteiger partial charge in [0.15, 0.2) is 0 Å². The van der Waals surface area contributed by atoms with E-state index in [0.29, 0.717) is 0 Å². The molecule has 0 amide bonds. The van der Waals surface area contributed by atoms with Gasteiger partial charge in [-0.3, -0.25) is 6.08 Å². The Labute approximate surface area is 118 Å². The summed E-state index contributed by atoms with van der Waals surface area (Å²) < 4.78 is 0. The summed E-state index contributed by atoms with van der Waals surface area (Å²) in [4.78, 5) is 0. The van der Waals surface area contributed by atoms with E-state index in [4.69, 9.17) is 0 Å². The van der Waals surface area contributed by atoms with Gasteiger partial charge in [0, 0.05) is 32.7 Å². The number of allylic oxidation sites excluding steroid dienone is 5. The Kier molecular flexibility index (Phi) is 8.55. The summed E-state index contributed by atoms with van der Waals surface area (Å²) in [7, 11) is 0. The van der Waals surface area contributed by atoms with Gasteiger partial charge >= 0.3 is 0 Å². The largest absolute Gasteiger partial charge is 0.346 e. The zero-order valence-corrected chi connectivity index (χ0v) is 12.0. The van der Waals surface area contributed by atoms with Gasteiger partial charge in [-0.15, -0.1) is 6.92 Å². The van der Waals surface area contributed by atoms with Crippen molar-refractivity contribution >= 4 is 6.08 Å². The molecule has 1 heteroatoms. The Morgan fingerprint density at radius 2 is 1.73 bits per heavy atom. The van der Waals surface area contributed by atoms with Gasteiger partial charge in [0.05, 0.1) is 0 Å². The molecule has 0 aromatic heterocycles. The van der Waals surface area contributed by atoms with Crippen molar-refractivity contribution in [2.45, 2.75) is 13.8 Å². The van der Waals surface area contributed by atoms with Gasteiger partial charge in [0.25, 0.3) is 0 Å². The van der Waals surface area contributed by atoms with Gasteiger partial charge in [0.1, 0.15) is 0 Å². The van der Waals surface area contributed by atoms with Crippen LogP contribution in [-0.2, 0) is 32.7 Å². The third-order valence-corrected chi connectivity index (χ3v) is 1.80. The summed E-state index contributed by atoms with van der Waals surface area (Å²) in [5.74, 6) is 0. The van der Waals surface area contributed by atoms with Gasteiger partial charge in [-0.05, 0) is 6.92 Å². The van der Waals surface area contributed by atoms with E-state index < -0.39 is 0 Å². The van der Waals surface area contributed by atoms with Crippen molar-refractivity contribution in [3.8, 4) is 0 Å². The van der Waals surface area contributed by atoms with E-state index in [9.17, 15) is 0 Å². The second kappa shape index (κ2) is 8.82. The average molecular weight is 271 g/mol. The minimum absolute atomic E-state index is 0. The van der Waals surface area contributed by atoms with Crippen LogP contribution in [0.25, 0.3) is 6.08 Å². The first-order valence-electron chi connectivity index (χ1n) is 4.64. The fraction of sp³-hybridized carbons (Fsp3) is 0.143. The van der Waals surface area contributed by atoms with E-state index in [1.165, 1.54) is 11.1 Å². The standard InChI is InChI=1S/C14H14.Y/c1-3-4-5-6-7-8-14-11-9-13(2)10-12-14;/h4-5,7-12H,1-2H3;/q-2;/b8-7+;. The van der Waals surface area contributed by atoms with Crippen molar-refractivity contribution in [1.82, 2.24) is 0 Å². The zero-order valence-electron chi connectivity index (χ0n) is 9.20. The van der Waals surface area contributed by atoms with Crippen LogP contribution < -0.4 is 0 Å². The minimum Gasteiger partial charge on any atom is -0.346 e. The van der Waals surface area contributed by atoms with E-state index in [0.717, 1.165) is 0 Å². The molecule has 0 N–H and O–H groups in total. The maximum absolute atomic E-state index is 3.03. The van der Waals surface area contributed by atoms with E-state index in [-0.39, 0.29) is 32.7 Å². The van der Waals surface area contributed by atoms with Crippen molar-refractivity contribution < 1.29 is 32.7 Å². The van der Waals surface area contributed by atoms with Gasteiger partial charge in [-0.25, -0.2) is 0 Å². The van der Waals surface area contributed by atoms with Crippen LogP contribution in [0.3, 0.4) is 0 Å². The fourth-order valence-electron chi connectivity index (χ4n) is 1.01. The molecule has 0 atom stereocenters. The average Bonchev–Trinajstić information content (AvgIpc) is 2.21. The maximum atomic E-state index is 3.03. The zero-order chi connectivity index (χ0) is 10.2. The Balaban J connectivity index is 0.00000196. The molecular weight excluding hydrogens is 257 g/mol. The molecule has 0 heterocycles. The van der Waals surface area contributed by atoms with Crippen LogP contribution in [0.5, 0.6) is 0 Å². The second-order valence-corrected chi connectivity index (χ2v) is 3.03. The smallest absolute Gasteiger partial charge is 0 e. The van der Waals surface area contributed by atoms with Gasteiger partial charge < -0.3 is 18.2 Å². The van der Waals surface area contributed by atoms with Crippen molar-refractivity contribution in [1.29, 1.82) is 0 Å². The normalized spacial score (nSPS) is 11.3. The van der Waals surface area contributed by atoms with Crippen LogP contribution in [0, 0.1) is 19.1 Å². The van der Waals surface area contributed by atoms with Crippen LogP contribution in [0.4, 0.5) is 0 Å². The van der Waals surface area contributed by atoms with Crippen LogP contribution in [0.15, 0.2) is 42.5 Å². The predicted molar refractivity (Wildman–Crippen MR) is 61.5 cm³/mol. The molecule has 0 fully saturated rings. The monoisotopic (exact) mass is 271 g/mol. The van der Waals surface area contributed by atoms with Crippen LogP contribution in [0.1, 0.15) is 18.1 Å². The topological polar surface area (TPSA) is 0 Å². The molecule has 0 spiro atoms. The van der Waals surface area contributed by atoms with Gasteiger partial charge in [-0.1, -0.05) is 35.4 Å². The van der Waals surface area contributed by atoms with Crippen LogP contribution >= 0.6 is 0 Å². The first kappa shape index (κ1) is 14.5. The quantitative estimate of drug-likeness (QED) is 0.580. The summed E-state index contributed by atoms with van der Waals surface area (Å²) in [6, 6.07) is 8.39. The molecule has 0 aliphatic rings. The number of hydrogen-bond donors (Lipinski definition) is 0. The van der Waals surface area contributed by atoms with Crippen molar-refractivity contribution in [2.75, 3.05) is 0 Å². The Morgan fingerprint density at radius 3 is 2.33 bits per heavy atom. The van der Waals surface area contributed by atoms with Gasteiger partial charge in [0.2, 0.25) is 0 Å². The third-order valence-electron chi connectivity index (χ3n) is 1.80. The Morgan fingerprint density at radius 1 is 1.07 bits per heavy atom. The van der Waals surface area contributed by atoms with E-state index in [1.54, 1.807) is 0 Å². The molecule has 0 aliphatic heterocycles. The molecule has 0 aliphatic carbocycles. The molecule has 1 aromatic carbocycles. The van der Waals surface area contributed by atoms with Crippen molar-refractivity contribution in [2.24, 2.45) is 0 Å². The molecular formula is C14H14Y-2. The molecule has 75 valence electrons. The molecule has 1 radical (unpaired) electrons. The molecule has 0 unspecified atom stereocenters. The number of aryl methyl sites for hydroxylation is 1. The van der Waals surface area contributed by atoms with Crippen molar-refractivity contribution in [3.05, 3.63) is 65.8 Å². The number of benzene rings is 1. The van der Waals surface area contributed by atoms with Crippen LogP contribution in [0.2, 0.25) is 0 Å². The molecule has 15 heavy (non-hydrogen) atoms. The summed E-state index contributed by atoms with van der Waals surface area (Å²) in [6.45, 7) is 3.95. The number of rotatable bonds is 3. The van der Waals surface area contributed by atoms with Crippen molar-refractivity contribution in [3.63, 3.8) is 0 Å². The molecule has 1 aromatic rings. The SMILES string of the molecule is C[C-]=CC=[C-]/C=C/c1ccc(C)cc1.[Y]. The Hall–Kier alpha value is -0.456. The Bertz CT molecular complexity index is 342.